The van der Waals surface area contributed by atoms with Crippen LogP contribution in [0.3, 0.4) is 0 Å². The van der Waals surface area contributed by atoms with Gasteiger partial charge in [-0.25, -0.2) is 0 Å². The van der Waals surface area contributed by atoms with Gasteiger partial charge in [0.15, 0.2) is 0 Å². The Balaban J connectivity index is -0.000000143. The van der Waals surface area contributed by atoms with Crippen LogP contribution in [-0.2, 0) is 17.1 Å². The third-order valence-electron chi connectivity index (χ3n) is 1.09. The van der Waals surface area contributed by atoms with E-state index in [4.69, 9.17) is 0 Å². The van der Waals surface area contributed by atoms with Crippen LogP contribution in [0.15, 0.2) is 0 Å². The fourth-order valence-electron chi connectivity index (χ4n) is 0.400. The number of nitrogens with zero attached hydrogens (tertiary/aromatic N) is 4. The second-order valence-corrected chi connectivity index (χ2v) is 2.16. The van der Waals surface area contributed by atoms with E-state index >= 15 is 0 Å². The summed E-state index contributed by atoms with van der Waals surface area (Å²) in [7, 11) is 7.19. The first-order valence-electron chi connectivity index (χ1n) is 4.05. The summed E-state index contributed by atoms with van der Waals surface area (Å²) in [5.74, 6) is 0. The fourth-order valence-corrected chi connectivity index (χ4v) is 0.400. The molecule has 0 saturated heterocycles. The molecule has 0 aliphatic heterocycles. The summed E-state index contributed by atoms with van der Waals surface area (Å²) in [5.41, 5.74) is 0. The van der Waals surface area contributed by atoms with E-state index in [2.05, 4.69) is 21.3 Å². The average molecular weight is 236 g/mol. The van der Waals surface area contributed by atoms with Crippen LogP contribution in [0.5, 0.6) is 0 Å². The van der Waals surface area contributed by atoms with Crippen LogP contribution in [0.4, 0.5) is 0 Å². The molecule has 0 heterocycles. The number of rotatable bonds is 6. The van der Waals surface area contributed by atoms with E-state index in [1.54, 1.807) is 28.2 Å². The van der Waals surface area contributed by atoms with Crippen molar-refractivity contribution in [1.82, 2.24) is 0 Å². The van der Waals surface area contributed by atoms with Gasteiger partial charge in [-0.15, -0.1) is 0 Å². The Morgan fingerprint density at radius 3 is 0.769 bits per heavy atom. The van der Waals surface area contributed by atoms with Gasteiger partial charge in [-0.2, -0.15) is 54.4 Å². The van der Waals surface area contributed by atoms with Crippen molar-refractivity contribution in [3.05, 3.63) is 21.3 Å². The van der Waals surface area contributed by atoms with E-state index in [1.165, 1.54) is 0 Å². The van der Waals surface area contributed by atoms with Crippen molar-refractivity contribution in [2.24, 2.45) is 0 Å². The third-order valence-corrected chi connectivity index (χ3v) is 1.09. The molecule has 0 aliphatic carbocycles. The maximum Gasteiger partial charge on any atom is 0 e. The van der Waals surface area contributed by atoms with Crippen LogP contribution in [0, 0.1) is 0 Å². The van der Waals surface area contributed by atoms with Gasteiger partial charge in [-0.3, -0.25) is 0 Å². The summed E-state index contributed by atoms with van der Waals surface area (Å²) in [6, 6.07) is 0. The predicted octanol–water partition coefficient (Wildman–Crippen LogP) is 1.98. The first-order valence-corrected chi connectivity index (χ1v) is 4.05. The van der Waals surface area contributed by atoms with Gasteiger partial charge in [0.1, 0.15) is 0 Å². The van der Waals surface area contributed by atoms with Crippen molar-refractivity contribution >= 4 is 0 Å². The van der Waals surface area contributed by atoms with Crippen molar-refractivity contribution in [1.29, 1.82) is 0 Å². The Kier molecular flexibility index (Phi) is 33.4. The van der Waals surface area contributed by atoms with Crippen molar-refractivity contribution in [2.45, 2.75) is 0 Å². The summed E-state index contributed by atoms with van der Waals surface area (Å²) in [6.45, 7) is 3.49. The normalized spacial score (nSPS) is 8.31. The second-order valence-electron chi connectivity index (χ2n) is 2.16. The largest absolute Gasteiger partial charge is 0.666 e. The van der Waals surface area contributed by atoms with Crippen LogP contribution in [0.25, 0.3) is 21.3 Å². The Bertz CT molecular complexity index is 48.1. The predicted molar refractivity (Wildman–Crippen MR) is 56.6 cm³/mol. The molecule has 0 unspecified atom stereocenters. The first-order chi connectivity index (χ1) is 5.83. The molecule has 0 spiro atoms. The SMILES string of the molecule is C[N-]CC[N-]C.C[N-]CC[N-]C.[Cu]. The topological polar surface area (TPSA) is 56.4 Å². The molecule has 0 aromatic heterocycles. The van der Waals surface area contributed by atoms with Crippen molar-refractivity contribution in [2.75, 3.05) is 54.4 Å². The Morgan fingerprint density at radius 2 is 0.692 bits per heavy atom. The van der Waals surface area contributed by atoms with E-state index in [1.807, 2.05) is 0 Å². The summed E-state index contributed by atoms with van der Waals surface area (Å²) >= 11 is 0. The van der Waals surface area contributed by atoms with Gasteiger partial charge in [-0.05, 0) is 0 Å². The molecule has 0 bridgehead atoms. The van der Waals surface area contributed by atoms with E-state index in [0.717, 1.165) is 26.2 Å². The standard InChI is InChI=1S/2C4H10N2.Cu/c2*1-5-3-4-6-2;/h2*3-4H2,1-2H3;/q2*-2;. The van der Waals surface area contributed by atoms with Gasteiger partial charge < -0.3 is 21.3 Å². The zero-order valence-corrected chi connectivity index (χ0v) is 9.86. The molecule has 87 valence electrons. The van der Waals surface area contributed by atoms with E-state index in [9.17, 15) is 0 Å². The maximum absolute atomic E-state index is 3.83. The Labute approximate surface area is 93.1 Å². The summed E-state index contributed by atoms with van der Waals surface area (Å²) in [6.07, 6.45) is 0. The van der Waals surface area contributed by atoms with Crippen LogP contribution in [-0.4, -0.2) is 54.4 Å². The molecule has 1 radical (unpaired) electrons. The second kappa shape index (κ2) is 22.8. The van der Waals surface area contributed by atoms with E-state index in [-0.39, 0.29) is 17.1 Å². The number of likely N-dealkylation sites (N-methyl/N-ethyl adjacent to an activating group) is 4. The molecule has 0 fully saturated rings. The quantitative estimate of drug-likeness (QED) is 0.500. The summed E-state index contributed by atoms with van der Waals surface area (Å²) in [4.78, 5) is 0. The average Bonchev–Trinajstić information content (AvgIpc) is 2.12. The van der Waals surface area contributed by atoms with Gasteiger partial charge in [0.05, 0.1) is 0 Å². The van der Waals surface area contributed by atoms with Crippen LogP contribution in [0.2, 0.25) is 0 Å². The zero-order valence-electron chi connectivity index (χ0n) is 8.92. The molecule has 0 aromatic rings. The molecule has 0 aliphatic rings. The molecule has 0 saturated carbocycles. The third kappa shape index (κ3) is 32.8. The molecule has 5 heteroatoms. The van der Waals surface area contributed by atoms with Crippen molar-refractivity contribution < 1.29 is 17.1 Å². The van der Waals surface area contributed by atoms with Crippen LogP contribution in [0.1, 0.15) is 0 Å². The minimum Gasteiger partial charge on any atom is -0.666 e. The molecule has 0 N–H and O–H groups in total. The Morgan fingerprint density at radius 1 is 0.538 bits per heavy atom. The molecule has 4 nitrogen and oxygen atoms in total. The number of hydrogen-bond acceptors (Lipinski definition) is 0. The number of hydrogen-bond donors (Lipinski definition) is 0. The van der Waals surface area contributed by atoms with Gasteiger partial charge in [0.25, 0.3) is 0 Å². The van der Waals surface area contributed by atoms with Crippen molar-refractivity contribution in [3.63, 3.8) is 0 Å². The van der Waals surface area contributed by atoms with E-state index in [0.29, 0.717) is 0 Å². The van der Waals surface area contributed by atoms with Crippen LogP contribution < -0.4 is 0 Å². The fraction of sp³-hybridized carbons (Fsp3) is 1.00. The zero-order chi connectivity index (χ0) is 9.66. The molecule has 13 heavy (non-hydrogen) atoms. The summed E-state index contributed by atoms with van der Waals surface area (Å²) in [5, 5.41) is 15.3. The molecular weight excluding hydrogens is 216 g/mol. The molecule has 0 amide bonds. The van der Waals surface area contributed by atoms with E-state index < -0.39 is 0 Å². The van der Waals surface area contributed by atoms with Crippen LogP contribution >= 0.6 is 0 Å². The molecular formula is C8H20CuN4-4. The maximum atomic E-state index is 3.83. The minimum atomic E-state index is 0. The molecule has 0 aromatic carbocycles. The monoisotopic (exact) mass is 235 g/mol. The molecule has 0 atom stereocenters. The van der Waals surface area contributed by atoms with Gasteiger partial charge in [-0.1, -0.05) is 0 Å². The van der Waals surface area contributed by atoms with Crippen molar-refractivity contribution in [3.8, 4) is 0 Å². The summed E-state index contributed by atoms with van der Waals surface area (Å²) < 4.78 is 0. The van der Waals surface area contributed by atoms with Gasteiger partial charge in [0.2, 0.25) is 0 Å². The first kappa shape index (κ1) is 19.0. The van der Waals surface area contributed by atoms with Gasteiger partial charge >= 0.3 is 0 Å². The smallest absolute Gasteiger partial charge is 0 e. The Hall–Kier alpha value is 0.359. The minimum absolute atomic E-state index is 0. The molecule has 0 rings (SSSR count). The van der Waals surface area contributed by atoms with Gasteiger partial charge in [0, 0.05) is 17.1 Å².